The minimum absolute atomic E-state index is 0.206. The topological polar surface area (TPSA) is 93.0 Å². The van der Waals surface area contributed by atoms with Gasteiger partial charge in [0.1, 0.15) is 0 Å². The number of hydrogen-bond donors (Lipinski definition) is 0. The normalized spacial score (nSPS) is 14.0. The number of carbonyl (C=O) groups is 3. The molecular formula is C22H20ClN3O5. The second kappa shape index (κ2) is 8.77. The third kappa shape index (κ3) is 4.54. The number of hydrogen-bond acceptors (Lipinski definition) is 6. The van der Waals surface area contributed by atoms with Gasteiger partial charge in [0.05, 0.1) is 23.0 Å². The van der Waals surface area contributed by atoms with Crippen molar-refractivity contribution >= 4 is 40.3 Å². The van der Waals surface area contributed by atoms with Gasteiger partial charge in [-0.3, -0.25) is 14.6 Å². The molecule has 3 heterocycles. The molecule has 0 bridgehead atoms. The van der Waals surface area contributed by atoms with E-state index in [2.05, 4.69) is 4.98 Å². The second-order valence-electron chi connectivity index (χ2n) is 7.18. The number of amides is 2. The first-order chi connectivity index (χ1) is 14.9. The Hall–Kier alpha value is -3.39. The highest BCUT2D eigenvalue weighted by Gasteiger charge is 2.26. The van der Waals surface area contributed by atoms with Crippen LogP contribution < -0.4 is 0 Å². The van der Waals surface area contributed by atoms with Gasteiger partial charge < -0.3 is 19.0 Å². The average Bonchev–Trinajstić information content (AvgIpc) is 3.31. The van der Waals surface area contributed by atoms with Crippen molar-refractivity contribution < 1.29 is 23.5 Å². The molecule has 1 aliphatic heterocycles. The van der Waals surface area contributed by atoms with E-state index in [1.165, 1.54) is 6.26 Å². The van der Waals surface area contributed by atoms with Crippen molar-refractivity contribution in [3.63, 3.8) is 0 Å². The van der Waals surface area contributed by atoms with Gasteiger partial charge in [0.15, 0.2) is 12.4 Å². The summed E-state index contributed by atoms with van der Waals surface area (Å²) in [5.41, 5.74) is 1.52. The number of rotatable bonds is 4. The molecule has 0 aliphatic carbocycles. The zero-order chi connectivity index (χ0) is 22.0. The van der Waals surface area contributed by atoms with E-state index in [-0.39, 0.29) is 29.7 Å². The van der Waals surface area contributed by atoms with Crippen LogP contribution in [0.1, 0.15) is 26.6 Å². The maximum absolute atomic E-state index is 12.5. The van der Waals surface area contributed by atoms with Gasteiger partial charge >= 0.3 is 5.97 Å². The Morgan fingerprint density at radius 3 is 2.55 bits per heavy atom. The van der Waals surface area contributed by atoms with E-state index in [4.69, 9.17) is 20.8 Å². The van der Waals surface area contributed by atoms with Crippen molar-refractivity contribution in [3.8, 4) is 0 Å². The number of pyridine rings is 1. The Bertz CT molecular complexity index is 1140. The smallest absolute Gasteiger partial charge is 0.340 e. The molecule has 0 atom stereocenters. The van der Waals surface area contributed by atoms with Crippen molar-refractivity contribution in [1.29, 1.82) is 0 Å². The maximum Gasteiger partial charge on any atom is 0.340 e. The molecule has 0 radical (unpaired) electrons. The van der Waals surface area contributed by atoms with Gasteiger partial charge in [0, 0.05) is 36.6 Å². The van der Waals surface area contributed by atoms with Crippen molar-refractivity contribution in [2.75, 3.05) is 32.8 Å². The fourth-order valence-corrected chi connectivity index (χ4v) is 3.64. The molecule has 1 aliphatic rings. The predicted octanol–water partition coefficient (Wildman–Crippen LogP) is 2.93. The highest BCUT2D eigenvalue weighted by atomic mass is 35.5. The zero-order valence-electron chi connectivity index (χ0n) is 16.8. The maximum atomic E-state index is 12.5. The summed E-state index contributed by atoms with van der Waals surface area (Å²) >= 11 is 6.01. The van der Waals surface area contributed by atoms with Crippen molar-refractivity contribution in [2.45, 2.75) is 6.92 Å². The summed E-state index contributed by atoms with van der Waals surface area (Å²) in [4.78, 5) is 44.9. The molecule has 1 fully saturated rings. The first-order valence-corrected chi connectivity index (χ1v) is 10.1. The van der Waals surface area contributed by atoms with Crippen LogP contribution in [0.4, 0.5) is 0 Å². The lowest BCUT2D eigenvalue weighted by Gasteiger charge is -2.34. The standard InChI is InChI=1S/C22H20ClN3O5/c1-14-17(12-15-11-16(23)4-5-18(15)24-14)22(29)31-13-20(27)25-6-8-26(9-7-25)21(28)19-3-2-10-30-19/h2-5,10-12H,6-9,13H2,1H3. The Kier molecular flexibility index (Phi) is 5.90. The molecule has 160 valence electrons. The monoisotopic (exact) mass is 441 g/mol. The molecule has 31 heavy (non-hydrogen) atoms. The van der Waals surface area contributed by atoms with Crippen LogP contribution in [0.25, 0.3) is 10.9 Å². The van der Waals surface area contributed by atoms with Gasteiger partial charge in [-0.15, -0.1) is 0 Å². The van der Waals surface area contributed by atoms with Gasteiger partial charge in [-0.05, 0) is 43.3 Å². The van der Waals surface area contributed by atoms with E-state index in [9.17, 15) is 14.4 Å². The summed E-state index contributed by atoms with van der Waals surface area (Å²) in [7, 11) is 0. The summed E-state index contributed by atoms with van der Waals surface area (Å²) in [6.45, 7) is 2.82. The number of aromatic nitrogens is 1. The van der Waals surface area contributed by atoms with E-state index < -0.39 is 5.97 Å². The fraction of sp³-hybridized carbons (Fsp3) is 0.273. The summed E-state index contributed by atoms with van der Waals surface area (Å²) in [5, 5.41) is 1.26. The first kappa shape index (κ1) is 20.9. The summed E-state index contributed by atoms with van der Waals surface area (Å²) in [6, 6.07) is 10.2. The van der Waals surface area contributed by atoms with Crippen LogP contribution in [-0.2, 0) is 9.53 Å². The zero-order valence-corrected chi connectivity index (χ0v) is 17.6. The highest BCUT2D eigenvalue weighted by Crippen LogP contribution is 2.21. The molecule has 1 aromatic carbocycles. The summed E-state index contributed by atoms with van der Waals surface area (Å²) < 4.78 is 10.4. The number of carbonyl (C=O) groups excluding carboxylic acids is 3. The van der Waals surface area contributed by atoms with E-state index >= 15 is 0 Å². The lowest BCUT2D eigenvalue weighted by molar-refractivity contribution is -0.136. The number of furan rings is 1. The molecule has 0 spiro atoms. The molecule has 8 nitrogen and oxygen atoms in total. The quantitative estimate of drug-likeness (QED) is 0.578. The Morgan fingerprint density at radius 1 is 1.10 bits per heavy atom. The van der Waals surface area contributed by atoms with Gasteiger partial charge in [-0.2, -0.15) is 0 Å². The van der Waals surface area contributed by atoms with E-state index in [0.29, 0.717) is 42.3 Å². The van der Waals surface area contributed by atoms with Crippen LogP contribution in [0.3, 0.4) is 0 Å². The Labute approximate surface area is 183 Å². The number of esters is 1. The molecule has 0 unspecified atom stereocenters. The number of piperazine rings is 1. The number of fused-ring (bicyclic) bond motifs is 1. The van der Waals surface area contributed by atoms with Crippen molar-refractivity contribution in [1.82, 2.24) is 14.8 Å². The SMILES string of the molecule is Cc1nc2ccc(Cl)cc2cc1C(=O)OCC(=O)N1CCN(C(=O)c2ccco2)CC1. The average molecular weight is 442 g/mol. The van der Waals surface area contributed by atoms with Gasteiger partial charge in [0.2, 0.25) is 0 Å². The van der Waals surface area contributed by atoms with Crippen LogP contribution in [0.15, 0.2) is 47.1 Å². The molecule has 0 N–H and O–H groups in total. The molecule has 2 amide bonds. The van der Waals surface area contributed by atoms with E-state index in [1.54, 1.807) is 53.1 Å². The number of nitrogens with zero attached hydrogens (tertiary/aromatic N) is 3. The minimum Gasteiger partial charge on any atom is -0.459 e. The minimum atomic E-state index is -0.619. The number of halogens is 1. The molecule has 3 aromatic rings. The van der Waals surface area contributed by atoms with E-state index in [1.807, 2.05) is 0 Å². The lowest BCUT2D eigenvalue weighted by atomic mass is 10.1. The van der Waals surface area contributed by atoms with Crippen LogP contribution >= 0.6 is 11.6 Å². The van der Waals surface area contributed by atoms with Gasteiger partial charge in [-0.25, -0.2) is 4.79 Å². The summed E-state index contributed by atoms with van der Waals surface area (Å²) in [6.07, 6.45) is 1.45. The van der Waals surface area contributed by atoms with Crippen molar-refractivity contribution in [3.05, 3.63) is 64.7 Å². The van der Waals surface area contributed by atoms with Gasteiger partial charge in [-0.1, -0.05) is 11.6 Å². The van der Waals surface area contributed by atoms with Crippen LogP contribution in [0.5, 0.6) is 0 Å². The number of benzene rings is 1. The summed E-state index contributed by atoms with van der Waals surface area (Å²) in [5.74, 6) is -0.864. The number of ether oxygens (including phenoxy) is 1. The predicted molar refractivity (Wildman–Crippen MR) is 113 cm³/mol. The Morgan fingerprint density at radius 2 is 1.84 bits per heavy atom. The molecule has 4 rings (SSSR count). The first-order valence-electron chi connectivity index (χ1n) is 9.77. The molecule has 1 saturated heterocycles. The van der Waals surface area contributed by atoms with Crippen LogP contribution in [-0.4, -0.2) is 65.4 Å². The van der Waals surface area contributed by atoms with Gasteiger partial charge in [0.25, 0.3) is 11.8 Å². The van der Waals surface area contributed by atoms with Crippen molar-refractivity contribution in [2.24, 2.45) is 0 Å². The Balaban J connectivity index is 1.33. The second-order valence-corrected chi connectivity index (χ2v) is 7.62. The van der Waals surface area contributed by atoms with Crippen LogP contribution in [0, 0.1) is 6.92 Å². The third-order valence-corrected chi connectivity index (χ3v) is 5.40. The van der Waals surface area contributed by atoms with E-state index in [0.717, 1.165) is 5.52 Å². The lowest BCUT2D eigenvalue weighted by Crippen LogP contribution is -2.51. The highest BCUT2D eigenvalue weighted by molar-refractivity contribution is 6.31. The molecule has 0 saturated carbocycles. The van der Waals surface area contributed by atoms with Crippen LogP contribution in [0.2, 0.25) is 5.02 Å². The molecule has 2 aromatic heterocycles. The largest absolute Gasteiger partial charge is 0.459 e. The third-order valence-electron chi connectivity index (χ3n) is 5.17. The molecule has 9 heteroatoms. The number of aryl methyl sites for hydroxylation is 1. The fourth-order valence-electron chi connectivity index (χ4n) is 3.46. The molecular weight excluding hydrogens is 422 g/mol.